The van der Waals surface area contributed by atoms with Crippen molar-refractivity contribution >= 4 is 11.8 Å². The number of carboxylic acid groups (broad SMARTS) is 1. The summed E-state index contributed by atoms with van der Waals surface area (Å²) in [6, 6.07) is 1.09. The molecule has 6 heteroatoms. The molecule has 3 N–H and O–H groups in total. The van der Waals surface area contributed by atoms with Gasteiger partial charge in [0.1, 0.15) is 5.56 Å². The van der Waals surface area contributed by atoms with Crippen LogP contribution >= 0.6 is 0 Å². The fraction of sp³-hybridized carbons (Fsp3) is 0.538. The zero-order valence-electron chi connectivity index (χ0n) is 11.3. The monoisotopic (exact) mass is 270 g/mol. The van der Waals surface area contributed by atoms with Crippen molar-refractivity contribution in [2.45, 2.75) is 33.3 Å². The van der Waals surface area contributed by atoms with Gasteiger partial charge in [-0.25, -0.2) is 14.2 Å². The van der Waals surface area contributed by atoms with E-state index in [0.29, 0.717) is 6.42 Å². The van der Waals surface area contributed by atoms with Crippen molar-refractivity contribution in [2.24, 2.45) is 5.41 Å². The minimum Gasteiger partial charge on any atom is -0.478 e. The summed E-state index contributed by atoms with van der Waals surface area (Å²) in [4.78, 5) is 14.5. The van der Waals surface area contributed by atoms with Gasteiger partial charge in [0, 0.05) is 12.7 Å². The van der Waals surface area contributed by atoms with E-state index in [1.807, 2.05) is 20.8 Å². The van der Waals surface area contributed by atoms with Crippen LogP contribution in [-0.2, 0) is 0 Å². The maximum atomic E-state index is 13.7. The highest BCUT2D eigenvalue weighted by Gasteiger charge is 2.18. The normalized spacial score (nSPS) is 13.1. The molecule has 1 unspecified atom stereocenters. The van der Waals surface area contributed by atoms with Crippen LogP contribution in [0.3, 0.4) is 0 Å². The molecular weight excluding hydrogens is 251 g/mol. The minimum absolute atomic E-state index is 0.0457. The predicted molar refractivity (Wildman–Crippen MR) is 69.7 cm³/mol. The fourth-order valence-corrected chi connectivity index (χ4v) is 1.73. The van der Waals surface area contributed by atoms with Crippen molar-refractivity contribution in [3.63, 3.8) is 0 Å². The van der Waals surface area contributed by atoms with Crippen LogP contribution in [-0.4, -0.2) is 33.8 Å². The molecule has 0 aliphatic carbocycles. The van der Waals surface area contributed by atoms with Crippen LogP contribution in [0.25, 0.3) is 0 Å². The Morgan fingerprint density at radius 2 is 2.16 bits per heavy atom. The largest absolute Gasteiger partial charge is 0.478 e. The number of pyridine rings is 1. The molecule has 106 valence electrons. The number of aliphatic hydroxyl groups excluding tert-OH is 1. The summed E-state index contributed by atoms with van der Waals surface area (Å²) < 4.78 is 13.7. The van der Waals surface area contributed by atoms with Gasteiger partial charge in [0.05, 0.1) is 6.10 Å². The molecule has 0 saturated heterocycles. The Bertz CT molecular complexity index is 458. The molecule has 5 nitrogen and oxygen atoms in total. The quantitative estimate of drug-likeness (QED) is 0.763. The van der Waals surface area contributed by atoms with Gasteiger partial charge in [-0.2, -0.15) is 0 Å². The molecule has 0 radical (unpaired) electrons. The number of nitrogens with one attached hydrogen (secondary N) is 1. The van der Waals surface area contributed by atoms with Crippen LogP contribution < -0.4 is 5.32 Å². The molecule has 1 rings (SSSR count). The minimum atomic E-state index is -1.35. The first-order valence-electron chi connectivity index (χ1n) is 6.00. The maximum Gasteiger partial charge on any atom is 0.338 e. The Labute approximate surface area is 111 Å². The van der Waals surface area contributed by atoms with Crippen LogP contribution in [0.1, 0.15) is 37.6 Å². The first-order valence-corrected chi connectivity index (χ1v) is 6.00. The van der Waals surface area contributed by atoms with Crippen LogP contribution in [0.4, 0.5) is 10.2 Å². The molecule has 0 amide bonds. The molecule has 0 spiro atoms. The molecular formula is C13H19FN2O3. The lowest BCUT2D eigenvalue weighted by Crippen LogP contribution is -2.26. The second kappa shape index (κ2) is 5.97. The van der Waals surface area contributed by atoms with Crippen LogP contribution in [0.15, 0.2) is 12.3 Å². The van der Waals surface area contributed by atoms with Gasteiger partial charge in [-0.1, -0.05) is 20.8 Å². The van der Waals surface area contributed by atoms with Gasteiger partial charge < -0.3 is 15.5 Å². The third-order valence-corrected chi connectivity index (χ3v) is 2.47. The van der Waals surface area contributed by atoms with Gasteiger partial charge in [-0.15, -0.1) is 0 Å². The second-order valence-electron chi connectivity index (χ2n) is 5.63. The molecule has 1 aromatic rings. The Morgan fingerprint density at radius 3 is 2.68 bits per heavy atom. The summed E-state index contributed by atoms with van der Waals surface area (Å²) in [6.07, 6.45) is 1.10. The van der Waals surface area contributed by atoms with Crippen molar-refractivity contribution in [3.8, 4) is 0 Å². The molecule has 0 aromatic carbocycles. The van der Waals surface area contributed by atoms with Crippen LogP contribution in [0.2, 0.25) is 0 Å². The summed E-state index contributed by atoms with van der Waals surface area (Å²) in [7, 11) is 0. The molecule has 0 bridgehead atoms. The van der Waals surface area contributed by atoms with E-state index >= 15 is 0 Å². The maximum absolute atomic E-state index is 13.7. The summed E-state index contributed by atoms with van der Waals surface area (Å²) in [5.74, 6) is -2.43. The number of aromatic carboxylic acids is 1. The average Bonchev–Trinajstić information content (AvgIpc) is 2.24. The molecule has 0 aliphatic rings. The highest BCUT2D eigenvalue weighted by Crippen LogP contribution is 2.21. The Balaban J connectivity index is 2.68. The summed E-state index contributed by atoms with van der Waals surface area (Å²) in [5.41, 5.74) is -0.487. The van der Waals surface area contributed by atoms with Gasteiger partial charge >= 0.3 is 5.97 Å². The number of rotatable bonds is 5. The van der Waals surface area contributed by atoms with E-state index in [1.165, 1.54) is 6.20 Å². The van der Waals surface area contributed by atoms with Gasteiger partial charge in [0.2, 0.25) is 0 Å². The van der Waals surface area contributed by atoms with Crippen molar-refractivity contribution in [2.75, 3.05) is 11.9 Å². The molecule has 0 fully saturated rings. The topological polar surface area (TPSA) is 82.5 Å². The first kappa shape index (κ1) is 15.4. The number of halogens is 1. The highest BCUT2D eigenvalue weighted by atomic mass is 19.1. The lowest BCUT2D eigenvalue weighted by atomic mass is 9.89. The van der Waals surface area contributed by atoms with Gasteiger partial charge in [0.15, 0.2) is 11.6 Å². The van der Waals surface area contributed by atoms with Gasteiger partial charge in [-0.05, 0) is 17.9 Å². The van der Waals surface area contributed by atoms with E-state index < -0.39 is 23.5 Å². The lowest BCUT2D eigenvalue weighted by molar-refractivity contribution is 0.0692. The van der Waals surface area contributed by atoms with Crippen molar-refractivity contribution in [3.05, 3.63) is 23.6 Å². The number of anilines is 1. The number of aliphatic hydroxyl groups is 1. The molecule has 1 atom stereocenters. The Morgan fingerprint density at radius 1 is 1.53 bits per heavy atom. The second-order valence-corrected chi connectivity index (χ2v) is 5.63. The number of aromatic nitrogens is 1. The van der Waals surface area contributed by atoms with E-state index in [4.69, 9.17) is 5.11 Å². The Hall–Kier alpha value is -1.69. The number of carbonyl (C=O) groups is 1. The van der Waals surface area contributed by atoms with Crippen molar-refractivity contribution in [1.82, 2.24) is 4.98 Å². The van der Waals surface area contributed by atoms with E-state index in [2.05, 4.69) is 10.3 Å². The average molecular weight is 270 g/mol. The van der Waals surface area contributed by atoms with Crippen LogP contribution in [0, 0.1) is 11.2 Å². The van der Waals surface area contributed by atoms with Crippen molar-refractivity contribution in [1.29, 1.82) is 0 Å². The number of hydrogen-bond acceptors (Lipinski definition) is 4. The Kier molecular flexibility index (Phi) is 4.83. The summed E-state index contributed by atoms with van der Waals surface area (Å²) in [6.45, 7) is 6.07. The van der Waals surface area contributed by atoms with E-state index in [0.717, 1.165) is 6.07 Å². The molecule has 1 heterocycles. The van der Waals surface area contributed by atoms with Gasteiger partial charge in [0.25, 0.3) is 0 Å². The van der Waals surface area contributed by atoms with Crippen LogP contribution in [0.5, 0.6) is 0 Å². The van der Waals surface area contributed by atoms with E-state index in [1.54, 1.807) is 0 Å². The van der Waals surface area contributed by atoms with Crippen molar-refractivity contribution < 1.29 is 19.4 Å². The zero-order valence-corrected chi connectivity index (χ0v) is 11.3. The number of carboxylic acids is 1. The SMILES string of the molecule is CC(C)(C)CC(O)CNc1nccc(C(=O)O)c1F. The fourth-order valence-electron chi connectivity index (χ4n) is 1.73. The number of nitrogens with zero attached hydrogens (tertiary/aromatic N) is 1. The van der Waals surface area contributed by atoms with E-state index in [-0.39, 0.29) is 17.8 Å². The third-order valence-electron chi connectivity index (χ3n) is 2.47. The molecule has 1 aromatic heterocycles. The summed E-state index contributed by atoms with van der Waals surface area (Å²) in [5, 5.41) is 21.2. The lowest BCUT2D eigenvalue weighted by Gasteiger charge is -2.22. The number of hydrogen-bond donors (Lipinski definition) is 3. The van der Waals surface area contributed by atoms with E-state index in [9.17, 15) is 14.3 Å². The smallest absolute Gasteiger partial charge is 0.338 e. The summed E-state index contributed by atoms with van der Waals surface area (Å²) >= 11 is 0. The first-order chi connectivity index (χ1) is 8.70. The molecule has 0 saturated carbocycles. The van der Waals surface area contributed by atoms with Gasteiger partial charge in [-0.3, -0.25) is 0 Å². The zero-order chi connectivity index (χ0) is 14.6. The molecule has 19 heavy (non-hydrogen) atoms. The standard InChI is InChI=1S/C13H19FN2O3/c1-13(2,3)6-8(17)7-16-11-10(14)9(12(18)19)4-5-15-11/h4-5,8,17H,6-7H2,1-3H3,(H,15,16)(H,18,19). The predicted octanol–water partition coefficient (Wildman–Crippen LogP) is 2.13. The molecule has 0 aliphatic heterocycles. The third kappa shape index (κ3) is 4.82. The highest BCUT2D eigenvalue weighted by molar-refractivity contribution is 5.88.